The number of benzene rings is 1. The molecule has 6 heteroatoms. The third-order valence-electron chi connectivity index (χ3n) is 3.10. The molecule has 0 radical (unpaired) electrons. The number of halogens is 2. The number of hydrogen-bond acceptors (Lipinski definition) is 3. The molecule has 1 aromatic carbocycles. The molecular formula is C13H18ClFN2OS. The molecule has 0 aromatic heterocycles. The Bertz CT molecular complexity index is 458. The molecule has 1 aliphatic rings. The second-order valence-corrected chi connectivity index (χ2v) is 5.53. The lowest BCUT2D eigenvalue weighted by atomic mass is 10.0. The lowest BCUT2D eigenvalue weighted by molar-refractivity contribution is -0.123. The number of carbonyl (C=O) groups is 1. The van der Waals surface area contributed by atoms with Gasteiger partial charge in [-0.15, -0.1) is 24.2 Å². The summed E-state index contributed by atoms with van der Waals surface area (Å²) in [5.41, 5.74) is 6.56. The lowest BCUT2D eigenvalue weighted by Crippen LogP contribution is -2.42. The van der Waals surface area contributed by atoms with Gasteiger partial charge in [-0.25, -0.2) is 4.39 Å². The van der Waals surface area contributed by atoms with Crippen molar-refractivity contribution in [3.05, 3.63) is 29.6 Å². The van der Waals surface area contributed by atoms with Crippen LogP contribution in [0.2, 0.25) is 0 Å². The smallest absolute Gasteiger partial charge is 0.237 e. The highest BCUT2D eigenvalue weighted by Crippen LogP contribution is 2.36. The van der Waals surface area contributed by atoms with Crippen LogP contribution in [0.4, 0.5) is 4.39 Å². The zero-order valence-corrected chi connectivity index (χ0v) is 12.3. The van der Waals surface area contributed by atoms with Crippen LogP contribution in [0, 0.1) is 5.82 Å². The Balaban J connectivity index is 0.00000180. The highest BCUT2D eigenvalue weighted by Gasteiger charge is 2.24. The molecule has 2 atom stereocenters. The van der Waals surface area contributed by atoms with Gasteiger partial charge in [-0.1, -0.05) is 6.92 Å². The van der Waals surface area contributed by atoms with Crippen molar-refractivity contribution in [3.63, 3.8) is 0 Å². The van der Waals surface area contributed by atoms with E-state index < -0.39 is 6.04 Å². The SMILES string of the molecule is CC[C@H](N)C(=O)NC1CCSc2ccc(F)cc21.Cl. The van der Waals surface area contributed by atoms with Crippen molar-refractivity contribution < 1.29 is 9.18 Å². The summed E-state index contributed by atoms with van der Waals surface area (Å²) in [6, 6.07) is 4.11. The Labute approximate surface area is 122 Å². The third kappa shape index (κ3) is 3.84. The number of carbonyl (C=O) groups excluding carboxylic acids is 1. The monoisotopic (exact) mass is 304 g/mol. The Kier molecular flexibility index (Phi) is 6.10. The molecule has 1 unspecified atom stereocenters. The van der Waals surface area contributed by atoms with E-state index in [0.29, 0.717) is 6.42 Å². The van der Waals surface area contributed by atoms with Gasteiger partial charge in [-0.3, -0.25) is 4.79 Å². The van der Waals surface area contributed by atoms with Crippen LogP contribution in [0.3, 0.4) is 0 Å². The van der Waals surface area contributed by atoms with E-state index in [1.54, 1.807) is 17.8 Å². The molecule has 0 aliphatic carbocycles. The first-order valence-electron chi connectivity index (χ1n) is 6.10. The fourth-order valence-electron chi connectivity index (χ4n) is 1.98. The summed E-state index contributed by atoms with van der Waals surface area (Å²) in [5, 5.41) is 2.91. The summed E-state index contributed by atoms with van der Waals surface area (Å²) in [6.45, 7) is 1.87. The molecule has 0 spiro atoms. The van der Waals surface area contributed by atoms with Gasteiger partial charge in [0.15, 0.2) is 0 Å². The largest absolute Gasteiger partial charge is 0.348 e. The second kappa shape index (κ2) is 7.12. The predicted molar refractivity (Wildman–Crippen MR) is 78.1 cm³/mol. The van der Waals surface area contributed by atoms with Crippen LogP contribution >= 0.6 is 24.2 Å². The summed E-state index contributed by atoms with van der Waals surface area (Å²) in [5.74, 6) is 0.491. The highest BCUT2D eigenvalue weighted by atomic mass is 35.5. The van der Waals surface area contributed by atoms with E-state index in [1.807, 2.05) is 6.92 Å². The molecule has 0 saturated carbocycles. The molecule has 1 heterocycles. The normalized spacial score (nSPS) is 19.0. The van der Waals surface area contributed by atoms with Crippen molar-refractivity contribution in [3.8, 4) is 0 Å². The Hall–Kier alpha value is -0.780. The van der Waals surface area contributed by atoms with Crippen molar-refractivity contribution in [2.24, 2.45) is 5.73 Å². The number of nitrogens with one attached hydrogen (secondary N) is 1. The topological polar surface area (TPSA) is 55.1 Å². The van der Waals surface area contributed by atoms with Gasteiger partial charge in [0.1, 0.15) is 5.82 Å². The number of fused-ring (bicyclic) bond motifs is 1. The minimum atomic E-state index is -0.489. The molecule has 2 rings (SSSR count). The van der Waals surface area contributed by atoms with E-state index >= 15 is 0 Å². The maximum atomic E-state index is 13.3. The first kappa shape index (κ1) is 16.3. The van der Waals surface area contributed by atoms with Crippen molar-refractivity contribution >= 4 is 30.1 Å². The predicted octanol–water partition coefficient (Wildman–Crippen LogP) is 2.64. The fourth-order valence-corrected chi connectivity index (χ4v) is 3.08. The zero-order valence-electron chi connectivity index (χ0n) is 10.7. The van der Waals surface area contributed by atoms with Crippen LogP contribution in [0.15, 0.2) is 23.1 Å². The molecule has 0 bridgehead atoms. The van der Waals surface area contributed by atoms with Gasteiger partial charge in [0.25, 0.3) is 0 Å². The average molecular weight is 305 g/mol. The van der Waals surface area contributed by atoms with E-state index in [9.17, 15) is 9.18 Å². The Morgan fingerprint density at radius 2 is 2.37 bits per heavy atom. The molecule has 3 N–H and O–H groups in total. The Morgan fingerprint density at radius 3 is 3.05 bits per heavy atom. The van der Waals surface area contributed by atoms with Gasteiger partial charge >= 0.3 is 0 Å². The standard InChI is InChI=1S/C13H17FN2OS.ClH/c1-2-10(15)13(17)16-11-5-6-18-12-4-3-8(14)7-9(11)12;/h3-4,7,10-11H,2,5-6,15H2,1H3,(H,16,17);1H/t10-,11?;/m0./s1. The lowest BCUT2D eigenvalue weighted by Gasteiger charge is -2.27. The molecule has 1 aliphatic heterocycles. The van der Waals surface area contributed by atoms with Gasteiger partial charge in [0, 0.05) is 10.6 Å². The molecule has 19 heavy (non-hydrogen) atoms. The Morgan fingerprint density at radius 1 is 1.63 bits per heavy atom. The number of nitrogens with two attached hydrogens (primary N) is 1. The molecule has 1 aromatic rings. The van der Waals surface area contributed by atoms with Gasteiger partial charge in [-0.2, -0.15) is 0 Å². The third-order valence-corrected chi connectivity index (χ3v) is 4.23. The summed E-state index contributed by atoms with van der Waals surface area (Å²) >= 11 is 1.69. The van der Waals surface area contributed by atoms with Crippen molar-refractivity contribution in [1.29, 1.82) is 0 Å². The van der Waals surface area contributed by atoms with Gasteiger partial charge < -0.3 is 11.1 Å². The van der Waals surface area contributed by atoms with Crippen LogP contribution < -0.4 is 11.1 Å². The quantitative estimate of drug-likeness (QED) is 0.902. The van der Waals surface area contributed by atoms with Crippen molar-refractivity contribution in [1.82, 2.24) is 5.32 Å². The van der Waals surface area contributed by atoms with Crippen LogP contribution in [-0.2, 0) is 4.79 Å². The molecule has 3 nitrogen and oxygen atoms in total. The first-order chi connectivity index (χ1) is 8.61. The van der Waals surface area contributed by atoms with Crippen LogP contribution in [0.5, 0.6) is 0 Å². The highest BCUT2D eigenvalue weighted by molar-refractivity contribution is 7.99. The second-order valence-electron chi connectivity index (χ2n) is 4.40. The minimum Gasteiger partial charge on any atom is -0.348 e. The maximum Gasteiger partial charge on any atom is 0.237 e. The van der Waals surface area contributed by atoms with Gasteiger partial charge in [-0.05, 0) is 36.6 Å². The maximum absolute atomic E-state index is 13.3. The number of amides is 1. The molecule has 106 valence electrons. The first-order valence-corrected chi connectivity index (χ1v) is 7.08. The van der Waals surface area contributed by atoms with Gasteiger partial charge in [0.2, 0.25) is 5.91 Å². The molecular weight excluding hydrogens is 287 g/mol. The summed E-state index contributed by atoms with van der Waals surface area (Å²) in [6.07, 6.45) is 1.41. The van der Waals surface area contributed by atoms with Crippen LogP contribution in [0.1, 0.15) is 31.4 Å². The van der Waals surface area contributed by atoms with Crippen molar-refractivity contribution in [2.45, 2.75) is 36.7 Å². The minimum absolute atomic E-state index is 0. The molecule has 0 saturated heterocycles. The van der Waals surface area contributed by atoms with Crippen molar-refractivity contribution in [2.75, 3.05) is 5.75 Å². The molecule has 0 fully saturated rings. The van der Waals surface area contributed by atoms with Crippen LogP contribution in [-0.4, -0.2) is 17.7 Å². The average Bonchev–Trinajstić information content (AvgIpc) is 2.38. The van der Waals surface area contributed by atoms with E-state index in [-0.39, 0.29) is 30.2 Å². The number of rotatable bonds is 3. The van der Waals surface area contributed by atoms with E-state index in [2.05, 4.69) is 5.32 Å². The summed E-state index contributed by atoms with van der Waals surface area (Å²) < 4.78 is 13.3. The number of hydrogen-bond donors (Lipinski definition) is 2. The summed E-state index contributed by atoms with van der Waals surface area (Å²) in [4.78, 5) is 12.8. The number of thioether (sulfide) groups is 1. The van der Waals surface area contributed by atoms with Gasteiger partial charge in [0.05, 0.1) is 12.1 Å². The summed E-state index contributed by atoms with van der Waals surface area (Å²) in [7, 11) is 0. The molecule has 1 amide bonds. The zero-order chi connectivity index (χ0) is 13.1. The van der Waals surface area contributed by atoms with Crippen LogP contribution in [0.25, 0.3) is 0 Å². The van der Waals surface area contributed by atoms with E-state index in [4.69, 9.17) is 5.73 Å². The fraction of sp³-hybridized carbons (Fsp3) is 0.462. The van der Waals surface area contributed by atoms with E-state index in [1.165, 1.54) is 12.1 Å². The van der Waals surface area contributed by atoms with E-state index in [0.717, 1.165) is 22.6 Å².